The standard InChI is InChI=1S/C24H30ClN3.C4H10/c1-5-19-15-27(16(2)3)12-13-28(19)17(4)18-10-11-21-23(14-18)26-22-9-7-6-8-20(22)24(21)25;1-3-4-2/h10-11,14,19H,2,4-9,12-13,15H2,1,3H3;3-4H2,1-2H3. The van der Waals surface area contributed by atoms with E-state index in [2.05, 4.69) is 68.9 Å². The molecule has 4 rings (SSSR count). The van der Waals surface area contributed by atoms with E-state index >= 15 is 0 Å². The summed E-state index contributed by atoms with van der Waals surface area (Å²) in [4.78, 5) is 9.82. The van der Waals surface area contributed by atoms with Crippen LogP contribution in [0, 0.1) is 0 Å². The van der Waals surface area contributed by atoms with Crippen LogP contribution in [0.3, 0.4) is 0 Å². The number of nitrogens with zero attached hydrogens (tertiary/aromatic N) is 3. The van der Waals surface area contributed by atoms with Crippen LogP contribution in [0.5, 0.6) is 0 Å². The third-order valence-corrected chi connectivity index (χ3v) is 7.30. The maximum absolute atomic E-state index is 6.74. The van der Waals surface area contributed by atoms with Crippen LogP contribution >= 0.6 is 11.6 Å². The van der Waals surface area contributed by atoms with Crippen LogP contribution in [0.25, 0.3) is 16.6 Å². The highest BCUT2D eigenvalue weighted by molar-refractivity contribution is 6.36. The van der Waals surface area contributed by atoms with Crippen molar-refractivity contribution in [1.82, 2.24) is 14.8 Å². The molecule has 0 saturated carbocycles. The van der Waals surface area contributed by atoms with E-state index in [9.17, 15) is 0 Å². The third-order valence-electron chi connectivity index (χ3n) is 6.87. The van der Waals surface area contributed by atoms with E-state index in [1.807, 2.05) is 0 Å². The number of fused-ring (bicyclic) bond motifs is 2. The van der Waals surface area contributed by atoms with Gasteiger partial charge in [-0.2, -0.15) is 0 Å². The summed E-state index contributed by atoms with van der Waals surface area (Å²) in [5, 5.41) is 1.97. The Morgan fingerprint density at radius 2 is 1.81 bits per heavy atom. The molecule has 3 nitrogen and oxygen atoms in total. The Balaban J connectivity index is 0.000000668. The summed E-state index contributed by atoms with van der Waals surface area (Å²) in [5.74, 6) is 0. The SMILES string of the molecule is C=C(C)N1CCN(C(=C)c2ccc3c(Cl)c4c(nc3c2)CCCC4)C(CC)C1.CCCC. The number of piperazine rings is 1. The summed E-state index contributed by atoms with van der Waals surface area (Å²) in [6.45, 7) is 20.3. The van der Waals surface area contributed by atoms with Crippen LogP contribution < -0.4 is 0 Å². The smallest absolute Gasteiger partial charge is 0.0727 e. The number of benzene rings is 1. The second-order valence-corrected chi connectivity index (χ2v) is 9.55. The average Bonchev–Trinajstić information content (AvgIpc) is 2.83. The Bertz CT molecular complexity index is 963. The summed E-state index contributed by atoms with van der Waals surface area (Å²) in [5.41, 5.74) is 6.83. The van der Waals surface area contributed by atoms with Gasteiger partial charge in [0, 0.05) is 48.2 Å². The highest BCUT2D eigenvalue weighted by atomic mass is 35.5. The van der Waals surface area contributed by atoms with Crippen LogP contribution in [0.15, 0.2) is 37.1 Å². The summed E-state index contributed by atoms with van der Waals surface area (Å²) in [6, 6.07) is 6.92. The normalized spacial score (nSPS) is 18.1. The molecule has 1 aliphatic heterocycles. The number of hydrogen-bond acceptors (Lipinski definition) is 3. The van der Waals surface area contributed by atoms with Crippen molar-refractivity contribution in [2.75, 3.05) is 19.6 Å². The molecule has 2 heterocycles. The first-order valence-corrected chi connectivity index (χ1v) is 12.8. The van der Waals surface area contributed by atoms with Crippen molar-refractivity contribution in [3.63, 3.8) is 0 Å². The molecule has 0 radical (unpaired) electrons. The molecule has 0 N–H and O–H groups in total. The quantitative estimate of drug-likeness (QED) is 0.467. The second kappa shape index (κ2) is 11.2. The Labute approximate surface area is 200 Å². The number of halogens is 1. The number of aryl methyl sites for hydroxylation is 1. The zero-order valence-corrected chi connectivity index (χ0v) is 21.3. The van der Waals surface area contributed by atoms with Crippen LogP contribution in [0.2, 0.25) is 5.02 Å². The van der Waals surface area contributed by atoms with Gasteiger partial charge in [-0.15, -0.1) is 0 Å². The molecule has 4 heteroatoms. The largest absolute Gasteiger partial charge is 0.372 e. The van der Waals surface area contributed by atoms with Crippen LogP contribution in [0.4, 0.5) is 0 Å². The Morgan fingerprint density at radius 1 is 1.09 bits per heavy atom. The molecule has 174 valence electrons. The fourth-order valence-corrected chi connectivity index (χ4v) is 4.98. The van der Waals surface area contributed by atoms with E-state index in [4.69, 9.17) is 16.6 Å². The molecule has 1 saturated heterocycles. The molecule has 0 bridgehead atoms. The van der Waals surface area contributed by atoms with Gasteiger partial charge in [0.2, 0.25) is 0 Å². The third kappa shape index (κ3) is 5.31. The predicted octanol–water partition coefficient (Wildman–Crippen LogP) is 7.47. The fourth-order valence-electron chi connectivity index (χ4n) is 4.62. The lowest BCUT2D eigenvalue weighted by atomic mass is 9.94. The van der Waals surface area contributed by atoms with Crippen molar-refractivity contribution in [1.29, 1.82) is 0 Å². The summed E-state index contributed by atoms with van der Waals surface area (Å²) in [6.07, 6.45) is 8.24. The molecular formula is C28H40ClN3. The summed E-state index contributed by atoms with van der Waals surface area (Å²) < 4.78 is 0. The highest BCUT2D eigenvalue weighted by Gasteiger charge is 2.27. The lowest BCUT2D eigenvalue weighted by molar-refractivity contribution is 0.145. The lowest BCUT2D eigenvalue weighted by Gasteiger charge is -2.44. The topological polar surface area (TPSA) is 19.4 Å². The molecule has 1 aromatic heterocycles. The van der Waals surface area contributed by atoms with Crippen LogP contribution in [0.1, 0.15) is 76.6 Å². The van der Waals surface area contributed by atoms with Crippen molar-refractivity contribution in [2.24, 2.45) is 0 Å². The minimum absolute atomic E-state index is 0.453. The van der Waals surface area contributed by atoms with Gasteiger partial charge in [0.15, 0.2) is 0 Å². The first-order valence-electron chi connectivity index (χ1n) is 12.4. The molecule has 32 heavy (non-hydrogen) atoms. The number of aromatic nitrogens is 1. The highest BCUT2D eigenvalue weighted by Crippen LogP contribution is 2.35. The minimum atomic E-state index is 0.453. The van der Waals surface area contributed by atoms with Crippen molar-refractivity contribution < 1.29 is 0 Å². The number of allylic oxidation sites excluding steroid dienone is 1. The van der Waals surface area contributed by atoms with E-state index < -0.39 is 0 Å². The van der Waals surface area contributed by atoms with Gasteiger partial charge in [0.25, 0.3) is 0 Å². The van der Waals surface area contributed by atoms with E-state index in [1.54, 1.807) is 0 Å². The number of pyridine rings is 1. The van der Waals surface area contributed by atoms with E-state index in [0.29, 0.717) is 6.04 Å². The van der Waals surface area contributed by atoms with Gasteiger partial charge in [-0.1, -0.05) is 70.5 Å². The molecule has 1 aliphatic carbocycles. The van der Waals surface area contributed by atoms with Gasteiger partial charge in [0.05, 0.1) is 10.5 Å². The van der Waals surface area contributed by atoms with Crippen LogP contribution in [-0.4, -0.2) is 40.5 Å². The van der Waals surface area contributed by atoms with Gasteiger partial charge in [-0.3, -0.25) is 4.98 Å². The molecular weight excluding hydrogens is 414 g/mol. The average molecular weight is 454 g/mol. The Morgan fingerprint density at radius 3 is 2.47 bits per heavy atom. The van der Waals surface area contributed by atoms with Gasteiger partial charge >= 0.3 is 0 Å². The Kier molecular flexibility index (Phi) is 8.64. The van der Waals surface area contributed by atoms with Gasteiger partial charge in [-0.25, -0.2) is 0 Å². The maximum Gasteiger partial charge on any atom is 0.0727 e. The molecule has 1 atom stereocenters. The predicted molar refractivity (Wildman–Crippen MR) is 140 cm³/mol. The first kappa shape index (κ1) is 24.6. The summed E-state index contributed by atoms with van der Waals surface area (Å²) >= 11 is 6.74. The zero-order chi connectivity index (χ0) is 23.3. The molecule has 1 aromatic carbocycles. The summed E-state index contributed by atoms with van der Waals surface area (Å²) in [7, 11) is 0. The number of unbranched alkanes of at least 4 members (excludes halogenated alkanes) is 1. The molecule has 1 unspecified atom stereocenters. The van der Waals surface area contributed by atoms with Gasteiger partial charge in [-0.05, 0) is 56.2 Å². The molecule has 2 aliphatic rings. The van der Waals surface area contributed by atoms with Crippen molar-refractivity contribution in [3.05, 3.63) is 58.9 Å². The first-order chi connectivity index (χ1) is 15.4. The van der Waals surface area contributed by atoms with E-state index in [-0.39, 0.29) is 0 Å². The number of hydrogen-bond donors (Lipinski definition) is 0. The maximum atomic E-state index is 6.74. The van der Waals surface area contributed by atoms with Crippen molar-refractivity contribution >= 4 is 28.2 Å². The molecule has 0 spiro atoms. The minimum Gasteiger partial charge on any atom is -0.372 e. The second-order valence-electron chi connectivity index (χ2n) is 9.17. The van der Waals surface area contributed by atoms with E-state index in [0.717, 1.165) is 71.8 Å². The molecule has 0 amide bonds. The molecule has 2 aromatic rings. The zero-order valence-electron chi connectivity index (χ0n) is 20.5. The van der Waals surface area contributed by atoms with Crippen molar-refractivity contribution in [2.45, 2.75) is 78.7 Å². The monoisotopic (exact) mass is 453 g/mol. The van der Waals surface area contributed by atoms with E-state index in [1.165, 1.54) is 36.9 Å². The number of rotatable bonds is 5. The fraction of sp³-hybridized carbons (Fsp3) is 0.536. The Hall–Kier alpha value is -2.00. The van der Waals surface area contributed by atoms with Gasteiger partial charge in [0.1, 0.15) is 0 Å². The van der Waals surface area contributed by atoms with Gasteiger partial charge < -0.3 is 9.80 Å². The van der Waals surface area contributed by atoms with Crippen LogP contribution in [-0.2, 0) is 12.8 Å². The van der Waals surface area contributed by atoms with Crippen molar-refractivity contribution in [3.8, 4) is 0 Å². The lowest BCUT2D eigenvalue weighted by Crippen LogP contribution is -2.50. The molecule has 1 fully saturated rings.